The molecular formula is C13H27NO2. The first kappa shape index (κ1) is 15.4. The van der Waals surface area contributed by atoms with Gasteiger partial charge in [-0.05, 0) is 26.2 Å². The predicted molar refractivity (Wildman–Crippen MR) is 67.5 cm³/mol. The standard InChI is InChI=1S/C13H27NO2/c1-5-9-11(7-3)14-12(10-6-2)13(15)16-8-4/h11-12,14H,5-10H2,1-4H3. The number of ether oxygens (including phenoxy) is 1. The van der Waals surface area contributed by atoms with Crippen molar-refractivity contribution < 1.29 is 9.53 Å². The molecule has 0 aliphatic rings. The average molecular weight is 229 g/mol. The van der Waals surface area contributed by atoms with Gasteiger partial charge in [0, 0.05) is 6.04 Å². The number of carbonyl (C=O) groups is 1. The van der Waals surface area contributed by atoms with E-state index in [1.54, 1.807) is 0 Å². The molecular weight excluding hydrogens is 202 g/mol. The molecule has 0 rings (SSSR count). The minimum absolute atomic E-state index is 0.0982. The van der Waals surface area contributed by atoms with Crippen LogP contribution >= 0.6 is 0 Å². The van der Waals surface area contributed by atoms with E-state index < -0.39 is 0 Å². The maximum Gasteiger partial charge on any atom is 0.323 e. The number of rotatable bonds is 9. The zero-order valence-corrected chi connectivity index (χ0v) is 11.2. The van der Waals surface area contributed by atoms with Gasteiger partial charge in [0.25, 0.3) is 0 Å². The summed E-state index contributed by atoms with van der Waals surface area (Å²) in [5, 5.41) is 3.42. The van der Waals surface area contributed by atoms with Gasteiger partial charge in [0.15, 0.2) is 0 Å². The van der Waals surface area contributed by atoms with E-state index in [0.717, 1.165) is 32.1 Å². The lowest BCUT2D eigenvalue weighted by atomic mass is 10.1. The first-order valence-corrected chi connectivity index (χ1v) is 6.62. The molecule has 0 aliphatic carbocycles. The molecule has 1 N–H and O–H groups in total. The van der Waals surface area contributed by atoms with Crippen LogP contribution in [-0.4, -0.2) is 24.7 Å². The van der Waals surface area contributed by atoms with E-state index >= 15 is 0 Å². The average Bonchev–Trinajstić information content (AvgIpc) is 2.27. The van der Waals surface area contributed by atoms with Crippen molar-refractivity contribution in [3.8, 4) is 0 Å². The second-order valence-electron chi connectivity index (χ2n) is 4.15. The van der Waals surface area contributed by atoms with Crippen molar-refractivity contribution in [2.45, 2.75) is 71.9 Å². The highest BCUT2D eigenvalue weighted by Crippen LogP contribution is 2.07. The first-order chi connectivity index (χ1) is 7.69. The Labute approximate surface area is 99.9 Å². The zero-order valence-electron chi connectivity index (χ0n) is 11.2. The highest BCUT2D eigenvalue weighted by molar-refractivity contribution is 5.75. The summed E-state index contributed by atoms with van der Waals surface area (Å²) in [6, 6.07) is 0.312. The third-order valence-electron chi connectivity index (χ3n) is 2.72. The Kier molecular flexibility index (Phi) is 9.30. The van der Waals surface area contributed by atoms with Gasteiger partial charge in [-0.15, -0.1) is 0 Å². The van der Waals surface area contributed by atoms with Gasteiger partial charge in [0.05, 0.1) is 6.61 Å². The lowest BCUT2D eigenvalue weighted by Gasteiger charge is -2.23. The molecule has 96 valence electrons. The molecule has 3 heteroatoms. The molecule has 0 amide bonds. The van der Waals surface area contributed by atoms with Crippen molar-refractivity contribution in [3.05, 3.63) is 0 Å². The molecule has 0 heterocycles. The molecule has 0 aromatic rings. The second kappa shape index (κ2) is 9.64. The van der Waals surface area contributed by atoms with Gasteiger partial charge in [0.2, 0.25) is 0 Å². The van der Waals surface area contributed by atoms with Gasteiger partial charge < -0.3 is 10.1 Å². The lowest BCUT2D eigenvalue weighted by Crippen LogP contribution is -2.44. The Morgan fingerprint density at radius 2 is 1.75 bits per heavy atom. The van der Waals surface area contributed by atoms with Crippen molar-refractivity contribution in [1.29, 1.82) is 0 Å². The number of carbonyl (C=O) groups excluding carboxylic acids is 1. The SMILES string of the molecule is CCCC(CC)NC(CCC)C(=O)OCC. The molecule has 0 saturated carbocycles. The van der Waals surface area contributed by atoms with Crippen molar-refractivity contribution in [3.63, 3.8) is 0 Å². The van der Waals surface area contributed by atoms with Crippen LogP contribution in [0.2, 0.25) is 0 Å². The van der Waals surface area contributed by atoms with E-state index in [-0.39, 0.29) is 12.0 Å². The van der Waals surface area contributed by atoms with E-state index in [1.165, 1.54) is 0 Å². The Bertz CT molecular complexity index is 183. The van der Waals surface area contributed by atoms with Crippen LogP contribution in [0, 0.1) is 0 Å². The normalized spacial score (nSPS) is 14.5. The predicted octanol–water partition coefficient (Wildman–Crippen LogP) is 2.89. The monoisotopic (exact) mass is 229 g/mol. The minimum Gasteiger partial charge on any atom is -0.465 e. The van der Waals surface area contributed by atoms with Gasteiger partial charge in [-0.2, -0.15) is 0 Å². The number of hydrogen-bond donors (Lipinski definition) is 1. The van der Waals surface area contributed by atoms with Gasteiger partial charge >= 0.3 is 5.97 Å². The Balaban J connectivity index is 4.23. The fourth-order valence-corrected chi connectivity index (χ4v) is 1.84. The van der Waals surface area contributed by atoms with Crippen LogP contribution in [0.5, 0.6) is 0 Å². The molecule has 2 unspecified atom stereocenters. The highest BCUT2D eigenvalue weighted by atomic mass is 16.5. The van der Waals surface area contributed by atoms with E-state index in [0.29, 0.717) is 12.6 Å². The van der Waals surface area contributed by atoms with Crippen molar-refractivity contribution >= 4 is 5.97 Å². The molecule has 0 aromatic carbocycles. The van der Waals surface area contributed by atoms with E-state index in [4.69, 9.17) is 4.74 Å². The molecule has 0 fully saturated rings. The fraction of sp³-hybridized carbons (Fsp3) is 0.923. The quantitative estimate of drug-likeness (QED) is 0.618. The van der Waals surface area contributed by atoms with E-state index in [9.17, 15) is 4.79 Å². The molecule has 0 saturated heterocycles. The molecule has 0 spiro atoms. The van der Waals surface area contributed by atoms with E-state index in [1.807, 2.05) is 6.92 Å². The van der Waals surface area contributed by atoms with Crippen LogP contribution in [-0.2, 0) is 9.53 Å². The van der Waals surface area contributed by atoms with Crippen LogP contribution in [0.1, 0.15) is 59.8 Å². The summed E-state index contributed by atoms with van der Waals surface area (Å²) in [4.78, 5) is 11.7. The van der Waals surface area contributed by atoms with Crippen LogP contribution in [0.3, 0.4) is 0 Å². The van der Waals surface area contributed by atoms with Gasteiger partial charge in [0.1, 0.15) is 6.04 Å². The Morgan fingerprint density at radius 3 is 2.19 bits per heavy atom. The fourth-order valence-electron chi connectivity index (χ4n) is 1.84. The maximum atomic E-state index is 11.7. The number of nitrogens with one attached hydrogen (secondary N) is 1. The van der Waals surface area contributed by atoms with Gasteiger partial charge in [-0.3, -0.25) is 4.79 Å². The van der Waals surface area contributed by atoms with Crippen LogP contribution in [0.4, 0.5) is 0 Å². The summed E-state index contributed by atoms with van der Waals surface area (Å²) in [5.41, 5.74) is 0. The van der Waals surface area contributed by atoms with Crippen LogP contribution < -0.4 is 5.32 Å². The molecule has 3 nitrogen and oxygen atoms in total. The Morgan fingerprint density at radius 1 is 1.12 bits per heavy atom. The summed E-state index contributed by atoms with van der Waals surface area (Å²) < 4.78 is 5.08. The smallest absolute Gasteiger partial charge is 0.323 e. The van der Waals surface area contributed by atoms with Crippen molar-refractivity contribution in [2.75, 3.05) is 6.61 Å². The molecule has 16 heavy (non-hydrogen) atoms. The second-order valence-corrected chi connectivity index (χ2v) is 4.15. The van der Waals surface area contributed by atoms with Gasteiger partial charge in [-0.1, -0.05) is 33.6 Å². The van der Waals surface area contributed by atoms with Crippen molar-refractivity contribution in [2.24, 2.45) is 0 Å². The number of hydrogen-bond acceptors (Lipinski definition) is 3. The lowest BCUT2D eigenvalue weighted by molar-refractivity contribution is -0.146. The topological polar surface area (TPSA) is 38.3 Å². The van der Waals surface area contributed by atoms with Crippen LogP contribution in [0.25, 0.3) is 0 Å². The zero-order chi connectivity index (χ0) is 12.4. The van der Waals surface area contributed by atoms with Gasteiger partial charge in [-0.25, -0.2) is 0 Å². The Hall–Kier alpha value is -0.570. The largest absolute Gasteiger partial charge is 0.465 e. The highest BCUT2D eigenvalue weighted by Gasteiger charge is 2.21. The summed E-state index contributed by atoms with van der Waals surface area (Å²) >= 11 is 0. The third kappa shape index (κ3) is 6.11. The molecule has 0 aliphatic heterocycles. The summed E-state index contributed by atoms with van der Waals surface area (Å²) in [7, 11) is 0. The molecule has 0 aromatic heterocycles. The third-order valence-corrected chi connectivity index (χ3v) is 2.72. The minimum atomic E-state index is -0.124. The molecule has 2 atom stereocenters. The first-order valence-electron chi connectivity index (χ1n) is 6.62. The summed E-state index contributed by atoms with van der Waals surface area (Å²) in [6.45, 7) is 8.73. The summed E-state index contributed by atoms with van der Waals surface area (Å²) in [5.74, 6) is -0.0982. The molecule has 0 bridgehead atoms. The van der Waals surface area contributed by atoms with E-state index in [2.05, 4.69) is 26.1 Å². The van der Waals surface area contributed by atoms with Crippen molar-refractivity contribution in [1.82, 2.24) is 5.32 Å². The summed E-state index contributed by atoms with van der Waals surface area (Å²) in [6.07, 6.45) is 5.19. The maximum absolute atomic E-state index is 11.7. The van der Waals surface area contributed by atoms with Crippen LogP contribution in [0.15, 0.2) is 0 Å². The molecule has 0 radical (unpaired) electrons. The number of esters is 1.